The topological polar surface area (TPSA) is 92.4 Å². The lowest BCUT2D eigenvalue weighted by Gasteiger charge is -2.30. The van der Waals surface area contributed by atoms with Gasteiger partial charge in [0.05, 0.1) is 20.8 Å². The normalized spacial score (nSPS) is 15.7. The molecule has 1 fully saturated rings. The summed E-state index contributed by atoms with van der Waals surface area (Å²) in [4.78, 5) is 18.9. The standard InChI is InChI=1S/C18H25N5O3/c1-12-19-18(22-21-12)13-4-6-23(7-5-13)11-17(24)20-14-8-15(25-2)10-16(9-14)26-3/h8-10,13H,4-7,11H2,1-3H3,(H,20,24)(H,19,21,22). The van der Waals surface area contributed by atoms with E-state index in [1.54, 1.807) is 32.4 Å². The molecule has 2 heterocycles. The molecule has 8 heteroatoms. The molecule has 1 aliphatic heterocycles. The van der Waals surface area contributed by atoms with E-state index in [9.17, 15) is 4.79 Å². The highest BCUT2D eigenvalue weighted by Gasteiger charge is 2.24. The number of methoxy groups -OCH3 is 2. The predicted octanol–water partition coefficient (Wildman–Crippen LogP) is 1.95. The highest BCUT2D eigenvalue weighted by Crippen LogP contribution is 2.27. The van der Waals surface area contributed by atoms with Gasteiger partial charge < -0.3 is 14.8 Å². The molecule has 0 saturated carbocycles. The highest BCUT2D eigenvalue weighted by molar-refractivity contribution is 5.92. The summed E-state index contributed by atoms with van der Waals surface area (Å²) >= 11 is 0. The van der Waals surface area contributed by atoms with Gasteiger partial charge in [-0.25, -0.2) is 4.98 Å². The van der Waals surface area contributed by atoms with Crippen LogP contribution in [0.5, 0.6) is 11.5 Å². The SMILES string of the molecule is COc1cc(NC(=O)CN2CCC(c3n[nH]c(C)n3)CC2)cc(OC)c1. The zero-order valence-corrected chi connectivity index (χ0v) is 15.4. The maximum Gasteiger partial charge on any atom is 0.238 e. The average Bonchev–Trinajstić information content (AvgIpc) is 3.08. The molecule has 1 amide bonds. The number of likely N-dealkylation sites (tertiary alicyclic amines) is 1. The van der Waals surface area contributed by atoms with Gasteiger partial charge >= 0.3 is 0 Å². The van der Waals surface area contributed by atoms with Gasteiger partial charge in [0.25, 0.3) is 0 Å². The number of piperidine rings is 1. The van der Waals surface area contributed by atoms with Crippen LogP contribution in [0.1, 0.15) is 30.4 Å². The van der Waals surface area contributed by atoms with E-state index >= 15 is 0 Å². The van der Waals surface area contributed by atoms with Crippen molar-refractivity contribution in [3.8, 4) is 11.5 Å². The summed E-state index contributed by atoms with van der Waals surface area (Å²) in [6.07, 6.45) is 1.91. The van der Waals surface area contributed by atoms with Crippen LogP contribution in [0.4, 0.5) is 5.69 Å². The smallest absolute Gasteiger partial charge is 0.238 e. The zero-order valence-electron chi connectivity index (χ0n) is 15.4. The summed E-state index contributed by atoms with van der Waals surface area (Å²) in [6, 6.07) is 5.32. The average molecular weight is 359 g/mol. The molecule has 0 radical (unpaired) electrons. The minimum absolute atomic E-state index is 0.0486. The summed E-state index contributed by atoms with van der Waals surface area (Å²) in [5, 5.41) is 10.1. The first-order valence-electron chi connectivity index (χ1n) is 8.71. The van der Waals surface area contributed by atoms with E-state index in [2.05, 4.69) is 25.4 Å². The number of nitrogens with one attached hydrogen (secondary N) is 2. The van der Waals surface area contributed by atoms with Crippen molar-refractivity contribution in [1.82, 2.24) is 20.1 Å². The minimum atomic E-state index is -0.0486. The van der Waals surface area contributed by atoms with E-state index in [0.717, 1.165) is 37.6 Å². The molecular weight excluding hydrogens is 334 g/mol. The van der Waals surface area contributed by atoms with E-state index in [1.165, 1.54) is 0 Å². The first-order chi connectivity index (χ1) is 12.6. The lowest BCUT2D eigenvalue weighted by Crippen LogP contribution is -2.38. The number of aromatic amines is 1. The Morgan fingerprint density at radius 2 is 1.88 bits per heavy atom. The molecule has 1 aromatic carbocycles. The second-order valence-corrected chi connectivity index (χ2v) is 6.48. The van der Waals surface area contributed by atoms with Gasteiger partial charge in [0.2, 0.25) is 5.91 Å². The molecule has 0 spiro atoms. The maximum absolute atomic E-state index is 12.4. The van der Waals surface area contributed by atoms with Gasteiger partial charge in [0.15, 0.2) is 5.82 Å². The largest absolute Gasteiger partial charge is 0.497 e. The molecule has 0 bridgehead atoms. The lowest BCUT2D eigenvalue weighted by atomic mass is 9.96. The Bertz CT molecular complexity index is 731. The number of nitrogens with zero attached hydrogens (tertiary/aromatic N) is 3. The van der Waals surface area contributed by atoms with Crippen molar-refractivity contribution in [3.63, 3.8) is 0 Å². The van der Waals surface area contributed by atoms with E-state index < -0.39 is 0 Å². The maximum atomic E-state index is 12.4. The molecule has 1 aliphatic rings. The van der Waals surface area contributed by atoms with Crippen molar-refractivity contribution in [1.29, 1.82) is 0 Å². The second-order valence-electron chi connectivity index (χ2n) is 6.48. The summed E-state index contributed by atoms with van der Waals surface area (Å²) in [5.74, 6) is 3.32. The highest BCUT2D eigenvalue weighted by atomic mass is 16.5. The monoisotopic (exact) mass is 359 g/mol. The number of aromatic nitrogens is 3. The molecule has 1 aromatic heterocycles. The third kappa shape index (κ3) is 4.51. The van der Waals surface area contributed by atoms with Crippen molar-refractivity contribution < 1.29 is 14.3 Å². The first-order valence-corrected chi connectivity index (χ1v) is 8.71. The molecule has 2 aromatic rings. The van der Waals surface area contributed by atoms with Crippen LogP contribution >= 0.6 is 0 Å². The van der Waals surface area contributed by atoms with Crippen molar-refractivity contribution in [2.24, 2.45) is 0 Å². The fraction of sp³-hybridized carbons (Fsp3) is 0.500. The van der Waals surface area contributed by atoms with Gasteiger partial charge in [-0.1, -0.05) is 0 Å². The summed E-state index contributed by atoms with van der Waals surface area (Å²) in [5.41, 5.74) is 0.664. The second kappa shape index (κ2) is 8.18. The number of rotatable bonds is 6. The molecular formula is C18H25N5O3. The Hall–Kier alpha value is -2.61. The van der Waals surface area contributed by atoms with Gasteiger partial charge in [-0.15, -0.1) is 0 Å². The minimum Gasteiger partial charge on any atom is -0.497 e. The molecule has 3 rings (SSSR count). The molecule has 8 nitrogen and oxygen atoms in total. The number of benzene rings is 1. The van der Waals surface area contributed by atoms with E-state index in [-0.39, 0.29) is 5.91 Å². The number of carbonyl (C=O) groups is 1. The fourth-order valence-corrected chi connectivity index (χ4v) is 3.18. The molecule has 0 unspecified atom stereocenters. The van der Waals surface area contributed by atoms with E-state index in [4.69, 9.17) is 9.47 Å². The molecule has 26 heavy (non-hydrogen) atoms. The quantitative estimate of drug-likeness (QED) is 0.819. The molecule has 1 saturated heterocycles. The first kappa shape index (κ1) is 18.2. The zero-order chi connectivity index (χ0) is 18.5. The van der Waals surface area contributed by atoms with Crippen molar-refractivity contribution in [3.05, 3.63) is 29.8 Å². The Morgan fingerprint density at radius 3 is 2.42 bits per heavy atom. The predicted molar refractivity (Wildman–Crippen MR) is 97.7 cm³/mol. The number of carbonyl (C=O) groups excluding carboxylic acids is 1. The molecule has 2 N–H and O–H groups in total. The lowest BCUT2D eigenvalue weighted by molar-refractivity contribution is -0.117. The van der Waals surface area contributed by atoms with Gasteiger partial charge in [-0.3, -0.25) is 14.8 Å². The van der Waals surface area contributed by atoms with Crippen LogP contribution in [0, 0.1) is 6.92 Å². The Morgan fingerprint density at radius 1 is 1.23 bits per heavy atom. The third-order valence-electron chi connectivity index (χ3n) is 4.57. The fourth-order valence-electron chi connectivity index (χ4n) is 3.18. The van der Waals surface area contributed by atoms with Gasteiger partial charge in [-0.05, 0) is 32.9 Å². The van der Waals surface area contributed by atoms with Gasteiger partial charge in [0.1, 0.15) is 17.3 Å². The number of anilines is 1. The summed E-state index contributed by atoms with van der Waals surface area (Å²) in [7, 11) is 3.17. The van der Waals surface area contributed by atoms with Crippen LogP contribution in [0.25, 0.3) is 0 Å². The molecule has 140 valence electrons. The van der Waals surface area contributed by atoms with Gasteiger partial charge in [0, 0.05) is 29.8 Å². The number of H-pyrrole nitrogens is 1. The van der Waals surface area contributed by atoms with Crippen molar-refractivity contribution in [2.75, 3.05) is 39.2 Å². The Labute approximate surface area is 152 Å². The van der Waals surface area contributed by atoms with Crippen LogP contribution in [-0.2, 0) is 4.79 Å². The number of hydrogen-bond donors (Lipinski definition) is 2. The van der Waals surface area contributed by atoms with Crippen molar-refractivity contribution >= 4 is 11.6 Å². The van der Waals surface area contributed by atoms with Crippen molar-refractivity contribution in [2.45, 2.75) is 25.7 Å². The number of hydrogen-bond acceptors (Lipinski definition) is 6. The third-order valence-corrected chi connectivity index (χ3v) is 4.57. The van der Waals surface area contributed by atoms with Crippen LogP contribution in [0.3, 0.4) is 0 Å². The van der Waals surface area contributed by atoms with Gasteiger partial charge in [-0.2, -0.15) is 5.10 Å². The Balaban J connectivity index is 1.51. The summed E-state index contributed by atoms with van der Waals surface area (Å²) < 4.78 is 10.5. The number of amides is 1. The summed E-state index contributed by atoms with van der Waals surface area (Å²) in [6.45, 7) is 3.98. The molecule has 0 atom stereocenters. The van der Waals surface area contributed by atoms with E-state index in [1.807, 2.05) is 6.92 Å². The number of aryl methyl sites for hydroxylation is 1. The van der Waals surface area contributed by atoms with Crippen LogP contribution in [0.15, 0.2) is 18.2 Å². The van der Waals surface area contributed by atoms with E-state index in [0.29, 0.717) is 29.6 Å². The van der Waals surface area contributed by atoms with Crippen LogP contribution in [0.2, 0.25) is 0 Å². The molecule has 0 aliphatic carbocycles. The number of ether oxygens (including phenoxy) is 2. The van der Waals surface area contributed by atoms with Crippen LogP contribution in [-0.4, -0.2) is 59.8 Å². The Kier molecular flexibility index (Phi) is 5.72. The van der Waals surface area contributed by atoms with Crippen LogP contribution < -0.4 is 14.8 Å².